The monoisotopic (exact) mass is 286 g/mol. The van der Waals surface area contributed by atoms with E-state index in [9.17, 15) is 14.7 Å². The predicted molar refractivity (Wildman–Crippen MR) is 71.1 cm³/mol. The number of amides is 2. The molecule has 1 aromatic carbocycles. The Balaban J connectivity index is 2.78. The van der Waals surface area contributed by atoms with E-state index in [1.807, 2.05) is 0 Å². The van der Waals surface area contributed by atoms with E-state index in [-0.39, 0.29) is 24.6 Å². The van der Waals surface area contributed by atoms with Gasteiger partial charge in [0.05, 0.1) is 12.3 Å². The number of aliphatic hydroxyl groups is 1. The Labute approximate surface area is 115 Å². The first-order valence-electron chi connectivity index (χ1n) is 5.69. The molecule has 0 aliphatic carbocycles. The zero-order chi connectivity index (χ0) is 14.4. The number of halogens is 1. The minimum Gasteiger partial charge on any atom is -0.506 e. The van der Waals surface area contributed by atoms with E-state index in [2.05, 4.69) is 5.32 Å². The summed E-state index contributed by atoms with van der Waals surface area (Å²) >= 11 is 5.73. The SMILES string of the molecule is CCN(CCO)C(=O)C(=O)Nc1cc(Cl)ccc1O. The standard InChI is InChI=1S/C12H15ClN2O4/c1-2-15(5-6-16)12(19)11(18)14-9-7-8(13)3-4-10(9)17/h3-4,7,16-17H,2,5-6H2,1H3,(H,14,18). The van der Waals surface area contributed by atoms with Crippen LogP contribution in [0.3, 0.4) is 0 Å². The molecule has 6 nitrogen and oxygen atoms in total. The van der Waals surface area contributed by atoms with Gasteiger partial charge in [0.25, 0.3) is 0 Å². The molecular weight excluding hydrogens is 272 g/mol. The number of aliphatic hydroxyl groups excluding tert-OH is 1. The Morgan fingerprint density at radius 2 is 2.11 bits per heavy atom. The van der Waals surface area contributed by atoms with Crippen molar-refractivity contribution in [2.45, 2.75) is 6.92 Å². The number of phenols is 1. The van der Waals surface area contributed by atoms with Crippen LogP contribution in [0.4, 0.5) is 5.69 Å². The summed E-state index contributed by atoms with van der Waals surface area (Å²) < 4.78 is 0. The molecule has 104 valence electrons. The first-order chi connectivity index (χ1) is 8.99. The van der Waals surface area contributed by atoms with E-state index >= 15 is 0 Å². The summed E-state index contributed by atoms with van der Waals surface area (Å²) in [4.78, 5) is 24.7. The van der Waals surface area contributed by atoms with Crippen molar-refractivity contribution in [2.75, 3.05) is 25.0 Å². The fourth-order valence-corrected chi connectivity index (χ4v) is 1.62. The molecule has 3 N–H and O–H groups in total. The Morgan fingerprint density at radius 1 is 1.42 bits per heavy atom. The van der Waals surface area contributed by atoms with Gasteiger partial charge in [0, 0.05) is 18.1 Å². The summed E-state index contributed by atoms with van der Waals surface area (Å²) in [5, 5.41) is 20.9. The maximum absolute atomic E-state index is 11.8. The van der Waals surface area contributed by atoms with Gasteiger partial charge >= 0.3 is 11.8 Å². The van der Waals surface area contributed by atoms with Gasteiger partial charge in [-0.25, -0.2) is 0 Å². The highest BCUT2D eigenvalue weighted by molar-refractivity contribution is 6.40. The number of anilines is 1. The molecule has 0 aliphatic heterocycles. The maximum Gasteiger partial charge on any atom is 0.314 e. The molecule has 0 bridgehead atoms. The lowest BCUT2D eigenvalue weighted by atomic mass is 10.3. The number of benzene rings is 1. The van der Waals surface area contributed by atoms with Crippen LogP contribution in [0.15, 0.2) is 18.2 Å². The van der Waals surface area contributed by atoms with Gasteiger partial charge in [-0.15, -0.1) is 0 Å². The molecule has 1 aromatic rings. The first-order valence-corrected chi connectivity index (χ1v) is 6.07. The zero-order valence-corrected chi connectivity index (χ0v) is 11.1. The van der Waals surface area contributed by atoms with Gasteiger partial charge in [-0.05, 0) is 25.1 Å². The van der Waals surface area contributed by atoms with Crippen LogP contribution < -0.4 is 5.32 Å². The van der Waals surface area contributed by atoms with E-state index in [0.29, 0.717) is 11.6 Å². The third-order valence-electron chi connectivity index (χ3n) is 2.44. The summed E-state index contributed by atoms with van der Waals surface area (Å²) in [7, 11) is 0. The molecule has 0 aliphatic rings. The van der Waals surface area contributed by atoms with Gasteiger partial charge in [-0.3, -0.25) is 9.59 Å². The average Bonchev–Trinajstić information content (AvgIpc) is 2.39. The molecule has 19 heavy (non-hydrogen) atoms. The topological polar surface area (TPSA) is 89.9 Å². The van der Waals surface area contributed by atoms with Crippen LogP contribution >= 0.6 is 11.6 Å². The number of likely N-dealkylation sites (N-methyl/N-ethyl adjacent to an activating group) is 1. The number of carbonyl (C=O) groups excluding carboxylic acids is 2. The molecule has 2 amide bonds. The molecule has 0 saturated heterocycles. The van der Waals surface area contributed by atoms with Gasteiger partial charge in [0.1, 0.15) is 5.75 Å². The van der Waals surface area contributed by atoms with E-state index in [4.69, 9.17) is 16.7 Å². The Hall–Kier alpha value is -1.79. The van der Waals surface area contributed by atoms with Crippen LogP contribution in [0.1, 0.15) is 6.92 Å². The molecule has 0 fully saturated rings. The second-order valence-corrected chi connectivity index (χ2v) is 4.16. The van der Waals surface area contributed by atoms with Crippen LogP contribution in [0.2, 0.25) is 5.02 Å². The van der Waals surface area contributed by atoms with Gasteiger partial charge in [-0.1, -0.05) is 11.6 Å². The molecular formula is C12H15ClN2O4. The van der Waals surface area contributed by atoms with Crippen molar-refractivity contribution in [3.8, 4) is 5.75 Å². The van der Waals surface area contributed by atoms with Gasteiger partial charge < -0.3 is 20.4 Å². The fourth-order valence-electron chi connectivity index (χ4n) is 1.45. The lowest BCUT2D eigenvalue weighted by Gasteiger charge is -2.19. The lowest BCUT2D eigenvalue weighted by molar-refractivity contribution is -0.143. The fraction of sp³-hybridized carbons (Fsp3) is 0.333. The molecule has 0 aromatic heterocycles. The van der Waals surface area contributed by atoms with E-state index in [1.54, 1.807) is 6.92 Å². The highest BCUT2D eigenvalue weighted by Crippen LogP contribution is 2.26. The molecule has 7 heteroatoms. The van der Waals surface area contributed by atoms with Crippen molar-refractivity contribution in [1.82, 2.24) is 4.90 Å². The summed E-state index contributed by atoms with van der Waals surface area (Å²) in [5.41, 5.74) is 0.0610. The number of nitrogens with one attached hydrogen (secondary N) is 1. The minimum atomic E-state index is -0.895. The van der Waals surface area contributed by atoms with Crippen molar-refractivity contribution in [2.24, 2.45) is 0 Å². The Bertz CT molecular complexity index is 479. The number of phenolic OH excluding ortho intramolecular Hbond substituents is 1. The molecule has 0 atom stereocenters. The second-order valence-electron chi connectivity index (χ2n) is 3.72. The lowest BCUT2D eigenvalue weighted by Crippen LogP contribution is -2.41. The number of aromatic hydroxyl groups is 1. The summed E-state index contributed by atoms with van der Waals surface area (Å²) in [6.07, 6.45) is 0. The molecule has 0 heterocycles. The minimum absolute atomic E-state index is 0.0610. The normalized spacial score (nSPS) is 10.1. The number of nitrogens with zero attached hydrogens (tertiary/aromatic N) is 1. The predicted octanol–water partition coefficient (Wildman–Crippen LogP) is 0.825. The smallest absolute Gasteiger partial charge is 0.314 e. The van der Waals surface area contributed by atoms with Crippen molar-refractivity contribution < 1.29 is 19.8 Å². The van der Waals surface area contributed by atoms with Crippen molar-refractivity contribution in [3.63, 3.8) is 0 Å². The number of rotatable bonds is 4. The highest BCUT2D eigenvalue weighted by Gasteiger charge is 2.21. The van der Waals surface area contributed by atoms with E-state index in [1.165, 1.54) is 23.1 Å². The van der Waals surface area contributed by atoms with Crippen molar-refractivity contribution >= 4 is 29.1 Å². The zero-order valence-electron chi connectivity index (χ0n) is 10.4. The quantitative estimate of drug-likeness (QED) is 0.565. The van der Waals surface area contributed by atoms with Crippen LogP contribution in [0, 0.1) is 0 Å². The van der Waals surface area contributed by atoms with Crippen LogP contribution in [0.5, 0.6) is 5.75 Å². The third-order valence-corrected chi connectivity index (χ3v) is 2.67. The van der Waals surface area contributed by atoms with E-state index < -0.39 is 11.8 Å². The molecule has 0 spiro atoms. The van der Waals surface area contributed by atoms with Crippen LogP contribution in [-0.4, -0.2) is 46.6 Å². The molecule has 1 rings (SSSR count). The number of carbonyl (C=O) groups is 2. The summed E-state index contributed by atoms with van der Waals surface area (Å²) in [5.74, 6) is -1.86. The second kappa shape index (κ2) is 6.96. The molecule has 0 saturated carbocycles. The molecule has 0 radical (unpaired) electrons. The largest absolute Gasteiger partial charge is 0.506 e. The summed E-state index contributed by atoms with van der Waals surface area (Å²) in [6.45, 7) is 1.84. The maximum atomic E-state index is 11.8. The van der Waals surface area contributed by atoms with Gasteiger partial charge in [0.15, 0.2) is 0 Å². The average molecular weight is 287 g/mol. The Morgan fingerprint density at radius 3 is 2.68 bits per heavy atom. The number of hydrogen-bond acceptors (Lipinski definition) is 4. The van der Waals surface area contributed by atoms with Crippen LogP contribution in [0.25, 0.3) is 0 Å². The third kappa shape index (κ3) is 4.11. The number of hydrogen-bond donors (Lipinski definition) is 3. The highest BCUT2D eigenvalue weighted by atomic mass is 35.5. The van der Waals surface area contributed by atoms with Crippen molar-refractivity contribution in [1.29, 1.82) is 0 Å². The van der Waals surface area contributed by atoms with E-state index in [0.717, 1.165) is 0 Å². The van der Waals surface area contributed by atoms with Crippen LogP contribution in [-0.2, 0) is 9.59 Å². The van der Waals surface area contributed by atoms with Gasteiger partial charge in [-0.2, -0.15) is 0 Å². The Kier molecular flexibility index (Phi) is 5.59. The molecule has 0 unspecified atom stereocenters. The van der Waals surface area contributed by atoms with Gasteiger partial charge in [0.2, 0.25) is 0 Å². The first kappa shape index (κ1) is 15.3. The van der Waals surface area contributed by atoms with Crippen molar-refractivity contribution in [3.05, 3.63) is 23.2 Å². The summed E-state index contributed by atoms with van der Waals surface area (Å²) in [6, 6.07) is 4.11.